The van der Waals surface area contributed by atoms with Gasteiger partial charge in [0.05, 0.1) is 11.1 Å². The first kappa shape index (κ1) is 12.0. The molecule has 3 rings (SSSR count). The fourth-order valence-corrected chi connectivity index (χ4v) is 2.79. The zero-order valence-corrected chi connectivity index (χ0v) is 11.1. The highest BCUT2D eigenvalue weighted by Crippen LogP contribution is 2.28. The Labute approximate surface area is 113 Å². The van der Waals surface area contributed by atoms with Crippen LogP contribution in [0.5, 0.6) is 0 Å². The number of para-hydroxylation sites is 1. The summed E-state index contributed by atoms with van der Waals surface area (Å²) in [5.41, 5.74) is 1.66. The average Bonchev–Trinajstić information content (AvgIpc) is 2.94. The van der Waals surface area contributed by atoms with Gasteiger partial charge in [-0.3, -0.25) is 0 Å². The Bertz CT molecular complexity index is 642. The third kappa shape index (κ3) is 2.15. The molecule has 0 bridgehead atoms. The van der Waals surface area contributed by atoms with Crippen LogP contribution in [0, 0.1) is 17.2 Å². The van der Waals surface area contributed by atoms with Gasteiger partial charge in [0.2, 0.25) is 0 Å². The van der Waals surface area contributed by atoms with Gasteiger partial charge in [0, 0.05) is 18.5 Å². The van der Waals surface area contributed by atoms with E-state index >= 15 is 0 Å². The monoisotopic (exact) mass is 251 g/mol. The average molecular weight is 251 g/mol. The molecule has 2 aromatic rings. The van der Waals surface area contributed by atoms with Crippen molar-refractivity contribution in [1.29, 1.82) is 5.26 Å². The fourth-order valence-electron chi connectivity index (χ4n) is 2.79. The Morgan fingerprint density at radius 3 is 3.00 bits per heavy atom. The molecule has 1 unspecified atom stereocenters. The van der Waals surface area contributed by atoms with Crippen molar-refractivity contribution in [3.63, 3.8) is 0 Å². The number of benzene rings is 1. The minimum Gasteiger partial charge on any atom is -0.355 e. The van der Waals surface area contributed by atoms with Crippen LogP contribution in [-0.2, 0) is 0 Å². The summed E-state index contributed by atoms with van der Waals surface area (Å²) in [6.45, 7) is 4.27. The molecule has 3 heteroatoms. The Balaban J connectivity index is 2.05. The molecular formula is C16H17N3. The van der Waals surface area contributed by atoms with Gasteiger partial charge in [-0.05, 0) is 24.5 Å². The van der Waals surface area contributed by atoms with E-state index in [2.05, 4.69) is 17.9 Å². The van der Waals surface area contributed by atoms with Gasteiger partial charge in [-0.2, -0.15) is 5.26 Å². The highest BCUT2D eigenvalue weighted by atomic mass is 15.2. The van der Waals surface area contributed by atoms with E-state index in [0.29, 0.717) is 5.56 Å². The summed E-state index contributed by atoms with van der Waals surface area (Å²) in [6, 6.07) is 12.2. The third-order valence-electron chi connectivity index (χ3n) is 3.99. The molecule has 1 aliphatic heterocycles. The number of nitriles is 1. The molecule has 0 radical (unpaired) electrons. The topological polar surface area (TPSA) is 39.9 Å². The van der Waals surface area contributed by atoms with Crippen LogP contribution in [0.4, 0.5) is 5.82 Å². The highest BCUT2D eigenvalue weighted by Gasteiger charge is 2.24. The van der Waals surface area contributed by atoms with E-state index in [1.807, 2.05) is 30.3 Å². The molecule has 0 saturated carbocycles. The van der Waals surface area contributed by atoms with Crippen molar-refractivity contribution >= 4 is 16.7 Å². The first-order valence-corrected chi connectivity index (χ1v) is 6.86. The lowest BCUT2D eigenvalue weighted by atomic mass is 10.1. The third-order valence-corrected chi connectivity index (χ3v) is 3.99. The Morgan fingerprint density at radius 2 is 2.26 bits per heavy atom. The van der Waals surface area contributed by atoms with Gasteiger partial charge >= 0.3 is 0 Å². The largest absolute Gasteiger partial charge is 0.355 e. The van der Waals surface area contributed by atoms with Gasteiger partial charge in [-0.25, -0.2) is 4.98 Å². The summed E-state index contributed by atoms with van der Waals surface area (Å²) in [7, 11) is 0. The van der Waals surface area contributed by atoms with E-state index in [4.69, 9.17) is 4.98 Å². The van der Waals surface area contributed by atoms with Crippen molar-refractivity contribution in [2.45, 2.75) is 19.8 Å². The van der Waals surface area contributed by atoms with Crippen molar-refractivity contribution in [3.8, 4) is 6.07 Å². The molecule has 0 spiro atoms. The summed E-state index contributed by atoms with van der Waals surface area (Å²) in [5, 5.41) is 10.4. The first-order valence-electron chi connectivity index (χ1n) is 6.86. The Morgan fingerprint density at radius 1 is 1.42 bits per heavy atom. The number of aromatic nitrogens is 1. The maximum absolute atomic E-state index is 9.34. The summed E-state index contributed by atoms with van der Waals surface area (Å²) in [6.07, 6.45) is 2.40. The van der Waals surface area contributed by atoms with Crippen LogP contribution in [0.15, 0.2) is 30.3 Å². The van der Waals surface area contributed by atoms with Gasteiger partial charge in [-0.15, -0.1) is 0 Å². The summed E-state index contributed by atoms with van der Waals surface area (Å²) in [4.78, 5) is 6.96. The molecule has 0 amide bonds. The number of anilines is 1. The number of rotatable bonds is 2. The molecule has 0 aliphatic carbocycles. The molecule has 1 aromatic heterocycles. The molecule has 1 fully saturated rings. The molecule has 2 heterocycles. The van der Waals surface area contributed by atoms with Crippen LogP contribution >= 0.6 is 0 Å². The number of hydrogen-bond acceptors (Lipinski definition) is 3. The maximum Gasteiger partial charge on any atom is 0.147 e. The summed E-state index contributed by atoms with van der Waals surface area (Å²) in [5.74, 6) is 1.59. The number of fused-ring (bicyclic) bond motifs is 1. The zero-order valence-electron chi connectivity index (χ0n) is 11.1. The van der Waals surface area contributed by atoms with Crippen LogP contribution in [0.25, 0.3) is 10.9 Å². The standard InChI is InChI=1S/C16H17N3/c1-2-12-7-8-19(11-12)16-14(10-17)9-13-5-3-4-6-15(13)18-16/h3-6,9,12H,2,7-8,11H2,1H3. The van der Waals surface area contributed by atoms with Gasteiger partial charge in [0.15, 0.2) is 0 Å². The van der Waals surface area contributed by atoms with Gasteiger partial charge < -0.3 is 4.90 Å². The lowest BCUT2D eigenvalue weighted by Gasteiger charge is -2.19. The predicted molar refractivity (Wildman–Crippen MR) is 77.1 cm³/mol. The second-order valence-corrected chi connectivity index (χ2v) is 5.17. The molecule has 1 atom stereocenters. The number of pyridine rings is 1. The van der Waals surface area contributed by atoms with Crippen molar-refractivity contribution < 1.29 is 0 Å². The van der Waals surface area contributed by atoms with Crippen LogP contribution in [0.1, 0.15) is 25.3 Å². The second kappa shape index (κ2) is 4.89. The van der Waals surface area contributed by atoms with E-state index in [9.17, 15) is 5.26 Å². The quantitative estimate of drug-likeness (QED) is 0.821. The van der Waals surface area contributed by atoms with Gasteiger partial charge in [0.1, 0.15) is 11.9 Å². The van der Waals surface area contributed by atoms with Gasteiger partial charge in [-0.1, -0.05) is 31.5 Å². The SMILES string of the molecule is CCC1CCN(c2nc3ccccc3cc2C#N)C1. The zero-order chi connectivity index (χ0) is 13.2. The second-order valence-electron chi connectivity index (χ2n) is 5.17. The minimum absolute atomic E-state index is 0.690. The van der Waals surface area contributed by atoms with Crippen molar-refractivity contribution in [2.75, 3.05) is 18.0 Å². The molecule has 19 heavy (non-hydrogen) atoms. The lowest BCUT2D eigenvalue weighted by molar-refractivity contribution is 0.569. The maximum atomic E-state index is 9.34. The molecule has 1 aromatic carbocycles. The van der Waals surface area contributed by atoms with Crippen LogP contribution in [0.3, 0.4) is 0 Å². The first-order chi connectivity index (χ1) is 9.31. The van der Waals surface area contributed by atoms with E-state index in [1.165, 1.54) is 12.8 Å². The van der Waals surface area contributed by atoms with E-state index in [1.54, 1.807) is 0 Å². The van der Waals surface area contributed by atoms with E-state index in [-0.39, 0.29) is 0 Å². The number of hydrogen-bond donors (Lipinski definition) is 0. The normalized spacial score (nSPS) is 18.7. The van der Waals surface area contributed by atoms with Crippen LogP contribution in [0.2, 0.25) is 0 Å². The fraction of sp³-hybridized carbons (Fsp3) is 0.375. The minimum atomic E-state index is 0.690. The Hall–Kier alpha value is -2.08. The molecule has 1 aliphatic rings. The van der Waals surface area contributed by atoms with Crippen molar-refractivity contribution in [1.82, 2.24) is 4.98 Å². The van der Waals surface area contributed by atoms with Crippen LogP contribution in [-0.4, -0.2) is 18.1 Å². The van der Waals surface area contributed by atoms with Crippen molar-refractivity contribution in [2.24, 2.45) is 5.92 Å². The molecule has 1 saturated heterocycles. The van der Waals surface area contributed by atoms with Gasteiger partial charge in [0.25, 0.3) is 0 Å². The molecule has 3 nitrogen and oxygen atoms in total. The number of nitrogens with zero attached hydrogens (tertiary/aromatic N) is 3. The highest BCUT2D eigenvalue weighted by molar-refractivity contribution is 5.83. The van der Waals surface area contributed by atoms with Crippen molar-refractivity contribution in [3.05, 3.63) is 35.9 Å². The molecular weight excluding hydrogens is 234 g/mol. The predicted octanol–water partition coefficient (Wildman–Crippen LogP) is 3.34. The van der Waals surface area contributed by atoms with E-state index in [0.717, 1.165) is 35.7 Å². The Kier molecular flexibility index (Phi) is 3.08. The lowest BCUT2D eigenvalue weighted by Crippen LogP contribution is -2.21. The summed E-state index contributed by atoms with van der Waals surface area (Å²) < 4.78 is 0. The van der Waals surface area contributed by atoms with Crippen LogP contribution < -0.4 is 4.90 Å². The molecule has 96 valence electrons. The smallest absolute Gasteiger partial charge is 0.147 e. The molecule has 0 N–H and O–H groups in total. The summed E-state index contributed by atoms with van der Waals surface area (Å²) >= 11 is 0. The van der Waals surface area contributed by atoms with E-state index < -0.39 is 0 Å².